The molecule has 0 radical (unpaired) electrons. The van der Waals surface area contributed by atoms with Crippen molar-refractivity contribution < 1.29 is 8.42 Å². The summed E-state index contributed by atoms with van der Waals surface area (Å²) in [6, 6.07) is 8.62. The largest absolute Gasteiger partial charge is 0.216 e. The van der Waals surface area contributed by atoms with Gasteiger partial charge in [-0.15, -0.1) is 0 Å². The van der Waals surface area contributed by atoms with Gasteiger partial charge in [0.05, 0.1) is 17.4 Å². The standard InChI is InChI=1S/C15H20N2O2S/c1-14(2)13(15(14,3)4)17-20(18,19)10-12-7-5-11(9-16)6-8-12/h5-8,13,17H,10H2,1-4H3. The second kappa shape index (κ2) is 4.57. The van der Waals surface area contributed by atoms with Crippen molar-refractivity contribution in [3.05, 3.63) is 35.4 Å². The first kappa shape index (κ1) is 15.0. The highest BCUT2D eigenvalue weighted by atomic mass is 32.2. The van der Waals surface area contributed by atoms with Crippen LogP contribution in [0.15, 0.2) is 24.3 Å². The molecule has 5 heteroatoms. The van der Waals surface area contributed by atoms with E-state index in [0.29, 0.717) is 11.1 Å². The third-order valence-electron chi connectivity index (χ3n) is 4.76. The van der Waals surface area contributed by atoms with Crippen molar-refractivity contribution in [2.24, 2.45) is 10.8 Å². The van der Waals surface area contributed by atoms with Crippen LogP contribution in [0.3, 0.4) is 0 Å². The summed E-state index contributed by atoms with van der Waals surface area (Å²) < 4.78 is 27.2. The van der Waals surface area contributed by atoms with Crippen molar-refractivity contribution in [3.8, 4) is 6.07 Å². The fourth-order valence-corrected chi connectivity index (χ4v) is 4.27. The van der Waals surface area contributed by atoms with E-state index in [9.17, 15) is 8.42 Å². The summed E-state index contributed by atoms with van der Waals surface area (Å²) in [4.78, 5) is 0. The molecule has 1 aromatic rings. The smallest absolute Gasteiger partial charge is 0.212 e. The van der Waals surface area contributed by atoms with Crippen LogP contribution < -0.4 is 4.72 Å². The Morgan fingerprint density at radius 2 is 1.65 bits per heavy atom. The molecule has 1 saturated carbocycles. The summed E-state index contributed by atoms with van der Waals surface area (Å²) in [5.41, 5.74) is 1.17. The summed E-state index contributed by atoms with van der Waals surface area (Å²) in [5, 5.41) is 8.72. The number of hydrogen-bond acceptors (Lipinski definition) is 3. The number of nitriles is 1. The maximum absolute atomic E-state index is 12.2. The molecule has 2 rings (SSSR count). The number of nitrogens with one attached hydrogen (secondary N) is 1. The number of benzene rings is 1. The summed E-state index contributed by atoms with van der Waals surface area (Å²) in [6.45, 7) is 8.29. The lowest BCUT2D eigenvalue weighted by atomic mass is 10.0. The van der Waals surface area contributed by atoms with Crippen LogP contribution in [0.2, 0.25) is 0 Å². The van der Waals surface area contributed by atoms with Gasteiger partial charge in [0.25, 0.3) is 0 Å². The lowest BCUT2D eigenvalue weighted by molar-refractivity contribution is 0.457. The van der Waals surface area contributed by atoms with Crippen LogP contribution in [0.25, 0.3) is 0 Å². The van der Waals surface area contributed by atoms with Crippen LogP contribution in [0.4, 0.5) is 0 Å². The topological polar surface area (TPSA) is 70.0 Å². The first-order valence-corrected chi connectivity index (χ1v) is 8.24. The molecular weight excluding hydrogens is 272 g/mol. The molecule has 0 atom stereocenters. The lowest BCUT2D eigenvalue weighted by Gasteiger charge is -2.08. The highest BCUT2D eigenvalue weighted by Crippen LogP contribution is 2.62. The highest BCUT2D eigenvalue weighted by molar-refractivity contribution is 7.88. The number of hydrogen-bond donors (Lipinski definition) is 1. The third-order valence-corrected chi connectivity index (χ3v) is 6.07. The van der Waals surface area contributed by atoms with Crippen molar-refractivity contribution in [3.63, 3.8) is 0 Å². The maximum Gasteiger partial charge on any atom is 0.216 e. The average Bonchev–Trinajstić information content (AvgIpc) is 2.72. The molecule has 0 saturated heterocycles. The minimum Gasteiger partial charge on any atom is -0.212 e. The molecule has 1 aromatic carbocycles. The van der Waals surface area contributed by atoms with E-state index in [4.69, 9.17) is 5.26 Å². The summed E-state index contributed by atoms with van der Waals surface area (Å²) in [5.74, 6) is -0.0542. The fraction of sp³-hybridized carbons (Fsp3) is 0.533. The Morgan fingerprint density at radius 3 is 2.05 bits per heavy atom. The first-order valence-electron chi connectivity index (χ1n) is 6.59. The molecule has 0 bridgehead atoms. The normalized spacial score (nSPS) is 20.4. The van der Waals surface area contributed by atoms with E-state index in [1.807, 2.05) is 6.07 Å². The quantitative estimate of drug-likeness (QED) is 0.926. The van der Waals surface area contributed by atoms with E-state index in [0.717, 1.165) is 0 Å². The molecule has 108 valence electrons. The first-order chi connectivity index (χ1) is 9.10. The van der Waals surface area contributed by atoms with Gasteiger partial charge in [0.1, 0.15) is 0 Å². The average molecular weight is 292 g/mol. The van der Waals surface area contributed by atoms with Gasteiger partial charge in [0, 0.05) is 6.04 Å². The van der Waals surface area contributed by atoms with Gasteiger partial charge in [0.15, 0.2) is 0 Å². The van der Waals surface area contributed by atoms with E-state index in [-0.39, 0.29) is 22.6 Å². The minimum absolute atomic E-state index is 0.0231. The molecule has 1 fully saturated rings. The Bertz CT molecular complexity index is 638. The van der Waals surface area contributed by atoms with Gasteiger partial charge in [-0.1, -0.05) is 39.8 Å². The van der Waals surface area contributed by atoms with E-state index in [1.54, 1.807) is 24.3 Å². The molecule has 1 aliphatic carbocycles. The van der Waals surface area contributed by atoms with Crippen molar-refractivity contribution in [1.82, 2.24) is 4.72 Å². The van der Waals surface area contributed by atoms with Crippen LogP contribution in [-0.4, -0.2) is 14.5 Å². The van der Waals surface area contributed by atoms with Gasteiger partial charge in [-0.2, -0.15) is 5.26 Å². The zero-order valence-electron chi connectivity index (χ0n) is 12.3. The molecule has 0 amide bonds. The van der Waals surface area contributed by atoms with Gasteiger partial charge >= 0.3 is 0 Å². The number of rotatable bonds is 4. The number of nitrogens with zero attached hydrogens (tertiary/aromatic N) is 1. The molecule has 0 spiro atoms. The zero-order valence-corrected chi connectivity index (χ0v) is 13.1. The van der Waals surface area contributed by atoms with E-state index in [2.05, 4.69) is 32.4 Å². The molecule has 4 nitrogen and oxygen atoms in total. The zero-order chi connectivity index (χ0) is 15.2. The van der Waals surface area contributed by atoms with Crippen LogP contribution in [0.1, 0.15) is 38.8 Å². The van der Waals surface area contributed by atoms with Crippen molar-refractivity contribution in [2.75, 3.05) is 0 Å². The predicted octanol–water partition coefficient (Wildman–Crippen LogP) is 2.41. The Hall–Kier alpha value is -1.38. The van der Waals surface area contributed by atoms with E-state index < -0.39 is 10.0 Å². The fourth-order valence-electron chi connectivity index (χ4n) is 2.61. The van der Waals surface area contributed by atoms with Gasteiger partial charge in [-0.05, 0) is 28.5 Å². The van der Waals surface area contributed by atoms with Crippen molar-refractivity contribution in [2.45, 2.75) is 39.5 Å². The van der Waals surface area contributed by atoms with Crippen LogP contribution >= 0.6 is 0 Å². The third kappa shape index (κ3) is 2.58. The Morgan fingerprint density at radius 1 is 1.15 bits per heavy atom. The molecule has 0 aromatic heterocycles. The summed E-state index contributed by atoms with van der Waals surface area (Å²) in [6.07, 6.45) is 0. The van der Waals surface area contributed by atoms with Crippen LogP contribution in [-0.2, 0) is 15.8 Å². The summed E-state index contributed by atoms with van der Waals surface area (Å²) >= 11 is 0. The van der Waals surface area contributed by atoms with Crippen LogP contribution in [0, 0.1) is 22.2 Å². The second-order valence-corrected chi connectivity index (χ2v) is 8.32. The van der Waals surface area contributed by atoms with E-state index >= 15 is 0 Å². The number of sulfonamides is 1. The molecular formula is C15H20N2O2S. The van der Waals surface area contributed by atoms with Crippen LogP contribution in [0.5, 0.6) is 0 Å². The highest BCUT2D eigenvalue weighted by Gasteiger charge is 2.65. The molecule has 0 aliphatic heterocycles. The molecule has 0 unspecified atom stereocenters. The predicted molar refractivity (Wildman–Crippen MR) is 78.3 cm³/mol. The Balaban J connectivity index is 2.07. The van der Waals surface area contributed by atoms with Crippen molar-refractivity contribution in [1.29, 1.82) is 5.26 Å². The minimum atomic E-state index is -3.37. The van der Waals surface area contributed by atoms with E-state index in [1.165, 1.54) is 0 Å². The van der Waals surface area contributed by atoms with Gasteiger partial charge in [0.2, 0.25) is 10.0 Å². The monoisotopic (exact) mass is 292 g/mol. The van der Waals surface area contributed by atoms with Gasteiger partial charge in [-0.25, -0.2) is 13.1 Å². The molecule has 1 N–H and O–H groups in total. The molecule has 20 heavy (non-hydrogen) atoms. The second-order valence-electron chi connectivity index (χ2n) is 6.56. The van der Waals surface area contributed by atoms with Gasteiger partial charge in [-0.3, -0.25) is 0 Å². The van der Waals surface area contributed by atoms with Crippen molar-refractivity contribution >= 4 is 10.0 Å². The Labute approximate surface area is 120 Å². The maximum atomic E-state index is 12.2. The summed E-state index contributed by atoms with van der Waals surface area (Å²) in [7, 11) is -3.37. The Kier molecular flexibility index (Phi) is 3.43. The molecule has 0 heterocycles. The lowest BCUT2D eigenvalue weighted by Crippen LogP contribution is -2.31. The SMILES string of the molecule is CC1(C)C(NS(=O)(=O)Cc2ccc(C#N)cc2)C1(C)C. The van der Waals surface area contributed by atoms with Gasteiger partial charge < -0.3 is 0 Å². The molecule has 1 aliphatic rings.